The number of nitrogens with zero attached hydrogens (tertiary/aromatic N) is 3. The minimum Gasteiger partial charge on any atom is -0.342 e. The summed E-state index contributed by atoms with van der Waals surface area (Å²) in [6.45, 7) is 6.10. The normalized spacial score (nSPS) is 11.2. The first kappa shape index (κ1) is 19.8. The highest BCUT2D eigenvalue weighted by atomic mass is 32.1. The zero-order chi connectivity index (χ0) is 19.3. The first-order valence-electron chi connectivity index (χ1n) is 8.23. The van der Waals surface area contributed by atoms with Gasteiger partial charge in [0.2, 0.25) is 11.8 Å². The second-order valence-electron chi connectivity index (χ2n) is 6.31. The topological polar surface area (TPSA) is 53.5 Å². The minimum absolute atomic E-state index is 0.120. The Morgan fingerprint density at radius 1 is 1.31 bits per heavy atom. The highest BCUT2D eigenvalue weighted by Gasteiger charge is 2.20. The quantitative estimate of drug-likeness (QED) is 0.715. The summed E-state index contributed by atoms with van der Waals surface area (Å²) < 4.78 is 14.1. The van der Waals surface area contributed by atoms with E-state index >= 15 is 0 Å². The predicted molar refractivity (Wildman–Crippen MR) is 103 cm³/mol. The molecule has 5 nitrogen and oxygen atoms in total. The predicted octanol–water partition coefficient (Wildman–Crippen LogP) is 4.09. The lowest BCUT2D eigenvalue weighted by Gasteiger charge is -2.18. The molecule has 0 aliphatic carbocycles. The summed E-state index contributed by atoms with van der Waals surface area (Å²) >= 11 is 1.21. The molecule has 0 N–H and O–H groups in total. The van der Waals surface area contributed by atoms with Crippen molar-refractivity contribution in [2.24, 2.45) is 5.92 Å². The minimum atomic E-state index is -0.500. The van der Waals surface area contributed by atoms with Crippen LogP contribution in [0.25, 0.3) is 6.08 Å². The first-order valence-corrected chi connectivity index (χ1v) is 9.11. The lowest BCUT2D eigenvalue weighted by molar-refractivity contribution is -0.125. The van der Waals surface area contributed by atoms with E-state index in [9.17, 15) is 14.0 Å². The second kappa shape index (κ2) is 8.71. The van der Waals surface area contributed by atoms with Crippen molar-refractivity contribution < 1.29 is 14.0 Å². The molecule has 0 aliphatic rings. The molecule has 2 amide bonds. The molecule has 7 heteroatoms. The number of carbonyl (C=O) groups excluding carboxylic acids is 2. The third-order valence-electron chi connectivity index (χ3n) is 3.52. The maximum Gasteiger partial charge on any atom is 0.246 e. The van der Waals surface area contributed by atoms with Gasteiger partial charge in [-0.1, -0.05) is 26.0 Å². The van der Waals surface area contributed by atoms with Crippen molar-refractivity contribution in [2.45, 2.75) is 20.8 Å². The molecule has 0 saturated heterocycles. The summed E-state index contributed by atoms with van der Waals surface area (Å²) in [6.07, 6.45) is 3.04. The number of halogens is 1. The molecule has 138 valence electrons. The van der Waals surface area contributed by atoms with Crippen LogP contribution in [0, 0.1) is 11.7 Å². The third kappa shape index (κ3) is 4.98. The van der Waals surface area contributed by atoms with Crippen molar-refractivity contribution in [1.29, 1.82) is 0 Å². The number of rotatable bonds is 6. The summed E-state index contributed by atoms with van der Waals surface area (Å²) in [4.78, 5) is 31.3. The van der Waals surface area contributed by atoms with Crippen LogP contribution in [0.1, 0.15) is 26.5 Å². The van der Waals surface area contributed by atoms with Gasteiger partial charge in [0.05, 0.1) is 11.4 Å². The number of hydrogen-bond donors (Lipinski definition) is 0. The van der Waals surface area contributed by atoms with E-state index in [1.807, 2.05) is 13.8 Å². The van der Waals surface area contributed by atoms with Crippen molar-refractivity contribution >= 4 is 40.0 Å². The number of aromatic nitrogens is 1. The molecule has 0 radical (unpaired) electrons. The average Bonchev–Trinajstić information content (AvgIpc) is 3.02. The summed E-state index contributed by atoms with van der Waals surface area (Å²) in [5.74, 6) is -0.577. The van der Waals surface area contributed by atoms with Crippen LogP contribution in [0.15, 0.2) is 35.7 Å². The fourth-order valence-corrected chi connectivity index (χ4v) is 3.27. The highest BCUT2D eigenvalue weighted by molar-refractivity contribution is 7.14. The summed E-state index contributed by atoms with van der Waals surface area (Å²) in [6, 6.07) is 6.04. The molecule has 1 aromatic heterocycles. The van der Waals surface area contributed by atoms with Crippen LogP contribution in [-0.4, -0.2) is 35.3 Å². The monoisotopic (exact) mass is 375 g/mol. The van der Waals surface area contributed by atoms with Gasteiger partial charge in [0, 0.05) is 32.0 Å². The van der Waals surface area contributed by atoms with Crippen LogP contribution in [0.3, 0.4) is 0 Å². The zero-order valence-electron chi connectivity index (χ0n) is 15.3. The van der Waals surface area contributed by atoms with Crippen LogP contribution < -0.4 is 4.90 Å². The van der Waals surface area contributed by atoms with E-state index in [0.29, 0.717) is 23.3 Å². The van der Waals surface area contributed by atoms with Crippen LogP contribution >= 0.6 is 11.3 Å². The van der Waals surface area contributed by atoms with Gasteiger partial charge in [0.25, 0.3) is 0 Å². The average molecular weight is 375 g/mol. The van der Waals surface area contributed by atoms with Gasteiger partial charge in [0.1, 0.15) is 5.82 Å². The third-order valence-corrected chi connectivity index (χ3v) is 4.37. The Morgan fingerprint density at radius 3 is 2.62 bits per heavy atom. The van der Waals surface area contributed by atoms with Crippen molar-refractivity contribution in [3.63, 3.8) is 0 Å². The smallest absolute Gasteiger partial charge is 0.246 e. The van der Waals surface area contributed by atoms with Gasteiger partial charge >= 0.3 is 0 Å². The van der Waals surface area contributed by atoms with E-state index in [2.05, 4.69) is 4.98 Å². The molecule has 0 fully saturated rings. The number of amides is 2. The van der Waals surface area contributed by atoms with Gasteiger partial charge in [0.15, 0.2) is 5.13 Å². The van der Waals surface area contributed by atoms with Gasteiger partial charge in [-0.3, -0.25) is 14.5 Å². The molecular formula is C19H22FN3O2S. The van der Waals surface area contributed by atoms with Crippen molar-refractivity contribution in [3.05, 3.63) is 47.2 Å². The van der Waals surface area contributed by atoms with Crippen molar-refractivity contribution in [2.75, 3.05) is 18.5 Å². The zero-order valence-corrected chi connectivity index (χ0v) is 16.1. The Bertz CT molecular complexity index is 817. The Balaban J connectivity index is 2.20. The van der Waals surface area contributed by atoms with E-state index < -0.39 is 5.82 Å². The van der Waals surface area contributed by atoms with E-state index in [1.165, 1.54) is 41.4 Å². The van der Waals surface area contributed by atoms with Gasteiger partial charge in [-0.15, -0.1) is 11.3 Å². The van der Waals surface area contributed by atoms with Gasteiger partial charge in [-0.25, -0.2) is 9.37 Å². The largest absolute Gasteiger partial charge is 0.342 e. The Morgan fingerprint density at radius 2 is 2.00 bits per heavy atom. The Labute approximate surface area is 156 Å². The van der Waals surface area contributed by atoms with Crippen LogP contribution in [0.4, 0.5) is 15.2 Å². The highest BCUT2D eigenvalue weighted by Crippen LogP contribution is 2.30. The standard InChI is InChI=1S/C19H22FN3O2S/c1-13(2)11-22(4)18(25)10-9-15-12-26-19(21-15)23(14(3)24)17-8-6-5-7-16(17)20/h5-10,12-13H,11H2,1-4H3/b10-9+. The molecular weight excluding hydrogens is 353 g/mol. The van der Waals surface area contributed by atoms with Crippen LogP contribution in [-0.2, 0) is 9.59 Å². The van der Waals surface area contributed by atoms with E-state index in [-0.39, 0.29) is 17.5 Å². The number of anilines is 2. The summed E-state index contributed by atoms with van der Waals surface area (Å²) in [5, 5.41) is 2.07. The number of benzene rings is 1. The van der Waals surface area contributed by atoms with E-state index in [4.69, 9.17) is 0 Å². The number of thiazole rings is 1. The maximum atomic E-state index is 14.1. The molecule has 0 unspecified atom stereocenters. The van der Waals surface area contributed by atoms with Crippen molar-refractivity contribution in [1.82, 2.24) is 9.88 Å². The molecule has 0 atom stereocenters. The summed E-state index contributed by atoms with van der Waals surface area (Å²) in [5.41, 5.74) is 0.691. The Kier molecular flexibility index (Phi) is 6.63. The number of carbonyl (C=O) groups is 2. The molecule has 2 aromatic rings. The van der Waals surface area contributed by atoms with E-state index in [1.54, 1.807) is 35.5 Å². The SMILES string of the molecule is CC(=O)N(c1nc(/C=C/C(=O)N(C)CC(C)C)cs1)c1ccccc1F. The molecule has 2 rings (SSSR count). The van der Waals surface area contributed by atoms with Crippen molar-refractivity contribution in [3.8, 4) is 0 Å². The van der Waals surface area contributed by atoms with Gasteiger partial charge < -0.3 is 4.90 Å². The molecule has 1 aromatic carbocycles. The Hall–Kier alpha value is -2.54. The fourth-order valence-electron chi connectivity index (χ4n) is 2.42. The first-order chi connectivity index (χ1) is 12.3. The van der Waals surface area contributed by atoms with Gasteiger partial charge in [-0.2, -0.15) is 0 Å². The molecule has 0 saturated carbocycles. The number of likely N-dealkylation sites (N-methyl/N-ethyl adjacent to an activating group) is 1. The maximum absolute atomic E-state index is 14.1. The molecule has 1 heterocycles. The molecule has 0 bridgehead atoms. The molecule has 0 aliphatic heterocycles. The fraction of sp³-hybridized carbons (Fsp3) is 0.316. The van der Waals surface area contributed by atoms with Gasteiger partial charge in [-0.05, 0) is 24.1 Å². The van der Waals surface area contributed by atoms with Crippen LogP contribution in [0.5, 0.6) is 0 Å². The van der Waals surface area contributed by atoms with Crippen LogP contribution in [0.2, 0.25) is 0 Å². The molecule has 0 spiro atoms. The summed E-state index contributed by atoms with van der Waals surface area (Å²) in [7, 11) is 1.74. The molecule has 26 heavy (non-hydrogen) atoms. The lowest BCUT2D eigenvalue weighted by atomic mass is 10.2. The second-order valence-corrected chi connectivity index (χ2v) is 7.14. The van der Waals surface area contributed by atoms with E-state index in [0.717, 1.165) is 0 Å². The number of para-hydroxylation sites is 1. The lowest BCUT2D eigenvalue weighted by Crippen LogP contribution is -2.28. The number of hydrogen-bond acceptors (Lipinski definition) is 4.